The lowest BCUT2D eigenvalue weighted by atomic mass is 10.1. The Morgan fingerprint density at radius 1 is 1.44 bits per heavy atom. The van der Waals surface area contributed by atoms with E-state index in [4.69, 9.17) is 11.6 Å². The smallest absolute Gasteiger partial charge is 0.1000 e. The average Bonchev–Trinajstić information content (AvgIpc) is 2.64. The van der Waals surface area contributed by atoms with Crippen LogP contribution in [0.25, 0.3) is 0 Å². The van der Waals surface area contributed by atoms with Gasteiger partial charge in [0.25, 0.3) is 0 Å². The minimum atomic E-state index is -0.631. The van der Waals surface area contributed by atoms with Crippen LogP contribution in [0.15, 0.2) is 36.7 Å². The van der Waals surface area contributed by atoms with Crippen LogP contribution in [-0.4, -0.2) is 14.9 Å². The first kappa shape index (κ1) is 11.2. The van der Waals surface area contributed by atoms with Crippen LogP contribution < -0.4 is 0 Å². The number of nitrogens with zero attached hydrogens (tertiary/aromatic N) is 2. The number of hydrogen-bond acceptors (Lipinski definition) is 2. The van der Waals surface area contributed by atoms with E-state index >= 15 is 0 Å². The lowest BCUT2D eigenvalue weighted by Gasteiger charge is -2.12. The second-order valence-electron chi connectivity index (χ2n) is 3.78. The summed E-state index contributed by atoms with van der Waals surface area (Å²) in [6.45, 7) is 2.38. The van der Waals surface area contributed by atoms with Gasteiger partial charge in [0, 0.05) is 16.8 Å². The Bertz CT molecular complexity index is 481. The Morgan fingerprint density at radius 2 is 2.19 bits per heavy atom. The van der Waals surface area contributed by atoms with Crippen molar-refractivity contribution in [1.82, 2.24) is 9.78 Å². The molecule has 4 heteroatoms. The molecule has 3 nitrogen and oxygen atoms in total. The molecule has 0 aliphatic carbocycles. The summed E-state index contributed by atoms with van der Waals surface area (Å²) in [4.78, 5) is 0. The Morgan fingerprint density at radius 3 is 2.81 bits per heavy atom. The second kappa shape index (κ2) is 4.68. The van der Waals surface area contributed by atoms with Crippen molar-refractivity contribution in [1.29, 1.82) is 0 Å². The third-order valence-electron chi connectivity index (χ3n) is 2.39. The quantitative estimate of drug-likeness (QED) is 0.890. The molecule has 0 saturated heterocycles. The third kappa shape index (κ3) is 2.43. The molecule has 16 heavy (non-hydrogen) atoms. The van der Waals surface area contributed by atoms with Gasteiger partial charge in [0.05, 0.1) is 18.8 Å². The molecular weight excluding hydrogens is 224 g/mol. The molecule has 1 unspecified atom stereocenters. The normalized spacial score (nSPS) is 12.7. The molecule has 2 aromatic rings. The minimum Gasteiger partial charge on any atom is -0.386 e. The molecule has 1 N–H and O–H groups in total. The van der Waals surface area contributed by atoms with Crippen LogP contribution in [0.1, 0.15) is 17.2 Å². The fourth-order valence-corrected chi connectivity index (χ4v) is 1.85. The van der Waals surface area contributed by atoms with Gasteiger partial charge in [0.1, 0.15) is 0 Å². The van der Waals surface area contributed by atoms with E-state index in [0.717, 1.165) is 11.1 Å². The summed E-state index contributed by atoms with van der Waals surface area (Å²) in [6, 6.07) is 7.30. The van der Waals surface area contributed by atoms with Crippen molar-refractivity contribution in [2.75, 3.05) is 0 Å². The number of halogens is 1. The number of aliphatic hydroxyl groups is 1. The summed E-state index contributed by atoms with van der Waals surface area (Å²) in [7, 11) is 0. The molecule has 2 rings (SSSR count). The molecule has 0 fully saturated rings. The van der Waals surface area contributed by atoms with E-state index in [1.165, 1.54) is 0 Å². The lowest BCUT2D eigenvalue weighted by molar-refractivity contribution is 0.151. The first-order chi connectivity index (χ1) is 7.66. The molecule has 0 aliphatic rings. The van der Waals surface area contributed by atoms with Crippen molar-refractivity contribution in [2.45, 2.75) is 19.6 Å². The molecule has 0 saturated carbocycles. The number of benzene rings is 1. The van der Waals surface area contributed by atoms with Crippen molar-refractivity contribution in [2.24, 2.45) is 0 Å². The van der Waals surface area contributed by atoms with Crippen molar-refractivity contribution in [3.63, 3.8) is 0 Å². The molecule has 0 radical (unpaired) electrons. The van der Waals surface area contributed by atoms with Crippen LogP contribution in [0.5, 0.6) is 0 Å². The summed E-state index contributed by atoms with van der Waals surface area (Å²) in [5.74, 6) is 0. The summed E-state index contributed by atoms with van der Waals surface area (Å²) in [5.41, 5.74) is 1.81. The van der Waals surface area contributed by atoms with Gasteiger partial charge in [0.15, 0.2) is 0 Å². The summed E-state index contributed by atoms with van der Waals surface area (Å²) >= 11 is 6.00. The molecule has 1 atom stereocenters. The van der Waals surface area contributed by atoms with Gasteiger partial charge in [-0.3, -0.25) is 4.68 Å². The Kier molecular flexibility index (Phi) is 3.27. The Labute approximate surface area is 99.3 Å². The SMILES string of the molecule is Cc1cnn(CC(O)c2ccccc2Cl)c1. The largest absolute Gasteiger partial charge is 0.386 e. The lowest BCUT2D eigenvalue weighted by Crippen LogP contribution is -2.09. The van der Waals surface area contributed by atoms with Crippen molar-refractivity contribution in [3.8, 4) is 0 Å². The first-order valence-electron chi connectivity index (χ1n) is 5.08. The van der Waals surface area contributed by atoms with Gasteiger partial charge in [-0.1, -0.05) is 29.8 Å². The number of aliphatic hydroxyl groups excluding tert-OH is 1. The van der Waals surface area contributed by atoms with E-state index in [1.54, 1.807) is 16.9 Å². The molecule has 0 bridgehead atoms. The first-order valence-corrected chi connectivity index (χ1v) is 5.46. The maximum Gasteiger partial charge on any atom is 0.1000 e. The fourth-order valence-electron chi connectivity index (χ4n) is 1.59. The van der Waals surface area contributed by atoms with E-state index in [9.17, 15) is 5.11 Å². The molecule has 1 aromatic heterocycles. The molecular formula is C12H13ClN2O. The van der Waals surface area contributed by atoms with Crippen molar-refractivity contribution in [3.05, 3.63) is 52.8 Å². The van der Waals surface area contributed by atoms with Crippen LogP contribution in [0.4, 0.5) is 0 Å². The van der Waals surface area contributed by atoms with E-state index in [2.05, 4.69) is 5.10 Å². The van der Waals surface area contributed by atoms with Gasteiger partial charge in [-0.25, -0.2) is 0 Å². The zero-order chi connectivity index (χ0) is 11.5. The monoisotopic (exact) mass is 236 g/mol. The molecule has 84 valence electrons. The van der Waals surface area contributed by atoms with E-state index in [-0.39, 0.29) is 0 Å². The molecule has 0 amide bonds. The molecule has 0 spiro atoms. The highest BCUT2D eigenvalue weighted by Crippen LogP contribution is 2.23. The molecule has 0 aliphatic heterocycles. The standard InChI is InChI=1S/C12H13ClN2O/c1-9-6-14-15(7-9)8-12(16)10-4-2-3-5-11(10)13/h2-7,12,16H,8H2,1H3. The van der Waals surface area contributed by atoms with Gasteiger partial charge in [-0.05, 0) is 18.6 Å². The third-order valence-corrected chi connectivity index (χ3v) is 2.73. The number of aryl methyl sites for hydroxylation is 1. The second-order valence-corrected chi connectivity index (χ2v) is 4.18. The highest BCUT2D eigenvalue weighted by atomic mass is 35.5. The summed E-state index contributed by atoms with van der Waals surface area (Å²) < 4.78 is 1.71. The summed E-state index contributed by atoms with van der Waals surface area (Å²) in [6.07, 6.45) is 3.02. The van der Waals surface area contributed by atoms with Crippen LogP contribution in [-0.2, 0) is 6.54 Å². The van der Waals surface area contributed by atoms with Gasteiger partial charge >= 0.3 is 0 Å². The van der Waals surface area contributed by atoms with Gasteiger partial charge < -0.3 is 5.11 Å². The molecule has 1 heterocycles. The topological polar surface area (TPSA) is 38.0 Å². The van der Waals surface area contributed by atoms with Crippen molar-refractivity contribution >= 4 is 11.6 Å². The van der Waals surface area contributed by atoms with Gasteiger partial charge in [-0.2, -0.15) is 5.10 Å². The number of hydrogen-bond donors (Lipinski definition) is 1. The summed E-state index contributed by atoms with van der Waals surface area (Å²) in [5, 5.41) is 14.7. The van der Waals surface area contributed by atoms with Gasteiger partial charge in [-0.15, -0.1) is 0 Å². The van der Waals surface area contributed by atoms with Crippen molar-refractivity contribution < 1.29 is 5.11 Å². The zero-order valence-electron chi connectivity index (χ0n) is 8.97. The average molecular weight is 237 g/mol. The Balaban J connectivity index is 2.14. The Hall–Kier alpha value is -1.32. The fraction of sp³-hybridized carbons (Fsp3) is 0.250. The van der Waals surface area contributed by atoms with E-state index in [1.807, 2.05) is 31.3 Å². The minimum absolute atomic E-state index is 0.414. The predicted molar refractivity (Wildman–Crippen MR) is 63.4 cm³/mol. The maximum absolute atomic E-state index is 10.0. The molecule has 1 aromatic carbocycles. The number of rotatable bonds is 3. The van der Waals surface area contributed by atoms with Gasteiger partial charge in [0.2, 0.25) is 0 Å². The van der Waals surface area contributed by atoms with Crippen LogP contribution in [0, 0.1) is 6.92 Å². The maximum atomic E-state index is 10.0. The van der Waals surface area contributed by atoms with Crippen LogP contribution in [0.3, 0.4) is 0 Å². The predicted octanol–water partition coefficient (Wildman–Crippen LogP) is 2.58. The highest BCUT2D eigenvalue weighted by Gasteiger charge is 2.11. The number of aromatic nitrogens is 2. The highest BCUT2D eigenvalue weighted by molar-refractivity contribution is 6.31. The zero-order valence-corrected chi connectivity index (χ0v) is 9.72. The van der Waals surface area contributed by atoms with Crippen LogP contribution >= 0.6 is 11.6 Å². The van der Waals surface area contributed by atoms with E-state index < -0.39 is 6.10 Å². The van der Waals surface area contributed by atoms with Crippen LogP contribution in [0.2, 0.25) is 5.02 Å². The van der Waals surface area contributed by atoms with E-state index in [0.29, 0.717) is 11.6 Å².